The number of hydrogen-bond acceptors (Lipinski definition) is 2. The Morgan fingerprint density at radius 2 is 1.85 bits per heavy atom. The van der Waals surface area contributed by atoms with Crippen molar-refractivity contribution in [3.05, 3.63) is 112 Å². The van der Waals surface area contributed by atoms with Crippen molar-refractivity contribution in [1.29, 1.82) is 0 Å². The molecule has 0 unspecified atom stereocenters. The summed E-state index contributed by atoms with van der Waals surface area (Å²) in [6.07, 6.45) is 6.64. The van der Waals surface area contributed by atoms with Crippen LogP contribution in [0.15, 0.2) is 90.0 Å². The van der Waals surface area contributed by atoms with E-state index in [0.29, 0.717) is 0 Å². The first-order valence-electron chi connectivity index (χ1n) is 8.56. The minimum Gasteiger partial charge on any atom is -0.322 e. The van der Waals surface area contributed by atoms with E-state index in [1.54, 1.807) is 12.3 Å². The highest BCUT2D eigenvalue weighted by Gasteiger charge is 2.06. The van der Waals surface area contributed by atoms with Gasteiger partial charge in [0, 0.05) is 24.0 Å². The lowest BCUT2D eigenvalue weighted by Crippen LogP contribution is -2.02. The van der Waals surface area contributed by atoms with Gasteiger partial charge in [0.05, 0.1) is 0 Å². The molecule has 126 valence electrons. The largest absolute Gasteiger partial charge is 0.322 e. The molecular weight excluding hydrogens is 320 g/mol. The number of aromatic nitrogens is 2. The fourth-order valence-electron chi connectivity index (χ4n) is 3.07. The van der Waals surface area contributed by atoms with Crippen molar-refractivity contribution in [3.63, 3.8) is 0 Å². The molecule has 0 radical (unpaired) electrons. The Bertz CT molecular complexity index is 1110. The molecule has 4 rings (SSSR count). The highest BCUT2D eigenvalue weighted by Crippen LogP contribution is 2.25. The van der Waals surface area contributed by atoms with Crippen LogP contribution in [0.25, 0.3) is 22.6 Å². The smallest absolute Gasteiger partial charge is 0.248 e. The summed E-state index contributed by atoms with van der Waals surface area (Å²) in [7, 11) is 0. The van der Waals surface area contributed by atoms with Crippen LogP contribution in [0.2, 0.25) is 0 Å². The average molecular weight is 338 g/mol. The molecule has 0 saturated heterocycles. The Morgan fingerprint density at radius 1 is 0.962 bits per heavy atom. The molecular formula is C23H18N2O. The average Bonchev–Trinajstić information content (AvgIpc) is 2.69. The van der Waals surface area contributed by atoms with Crippen LogP contribution in [0, 0.1) is 0 Å². The van der Waals surface area contributed by atoms with Gasteiger partial charge in [-0.25, -0.2) is 0 Å². The molecule has 0 aliphatic heterocycles. The number of benzene rings is 2. The summed E-state index contributed by atoms with van der Waals surface area (Å²) in [6, 6.07) is 24.0. The van der Waals surface area contributed by atoms with E-state index in [1.807, 2.05) is 30.5 Å². The fraction of sp³-hybridized carbons (Fsp3) is 0.0435. The number of fused-ring (bicyclic) bond motifs is 1. The van der Waals surface area contributed by atoms with Crippen molar-refractivity contribution >= 4 is 22.6 Å². The molecule has 0 spiro atoms. The second-order valence-corrected chi connectivity index (χ2v) is 6.24. The zero-order valence-corrected chi connectivity index (χ0v) is 14.2. The van der Waals surface area contributed by atoms with Gasteiger partial charge in [-0.2, -0.15) is 0 Å². The minimum absolute atomic E-state index is 0.0827. The van der Waals surface area contributed by atoms with Crippen molar-refractivity contribution in [2.24, 2.45) is 0 Å². The summed E-state index contributed by atoms with van der Waals surface area (Å²) in [6.45, 7) is 0. The van der Waals surface area contributed by atoms with Crippen molar-refractivity contribution in [2.75, 3.05) is 0 Å². The second-order valence-electron chi connectivity index (χ2n) is 6.24. The summed E-state index contributed by atoms with van der Waals surface area (Å²) in [5, 5.41) is 1.02. The number of nitrogens with zero attached hydrogens (tertiary/aromatic N) is 1. The molecule has 1 N–H and O–H groups in total. The van der Waals surface area contributed by atoms with E-state index in [2.05, 4.69) is 58.5 Å². The fourth-order valence-corrected chi connectivity index (χ4v) is 3.07. The van der Waals surface area contributed by atoms with Crippen LogP contribution >= 0.6 is 0 Å². The number of H-pyrrole nitrogens is 1. The van der Waals surface area contributed by atoms with Crippen molar-refractivity contribution < 1.29 is 0 Å². The molecule has 3 heteroatoms. The van der Waals surface area contributed by atoms with Crippen molar-refractivity contribution in [1.82, 2.24) is 9.97 Å². The predicted octanol–water partition coefficient (Wildman–Crippen LogP) is 4.71. The molecule has 2 aromatic carbocycles. The summed E-state index contributed by atoms with van der Waals surface area (Å²) >= 11 is 0. The Morgan fingerprint density at radius 3 is 2.65 bits per heavy atom. The Hall–Kier alpha value is -3.46. The maximum Gasteiger partial charge on any atom is 0.248 e. The summed E-state index contributed by atoms with van der Waals surface area (Å²) in [5.41, 5.74) is 5.43. The molecule has 0 fully saturated rings. The number of aromatic amines is 1. The van der Waals surface area contributed by atoms with Gasteiger partial charge in [0.15, 0.2) is 0 Å². The van der Waals surface area contributed by atoms with Crippen molar-refractivity contribution in [2.45, 2.75) is 6.42 Å². The number of allylic oxidation sites excluding steroid dienone is 1. The monoisotopic (exact) mass is 338 g/mol. The Balaban J connectivity index is 1.80. The zero-order chi connectivity index (χ0) is 17.8. The summed E-state index contributed by atoms with van der Waals surface area (Å²) in [5.74, 6) is 0. The van der Waals surface area contributed by atoms with E-state index in [9.17, 15) is 4.79 Å². The van der Waals surface area contributed by atoms with Gasteiger partial charge in [0.25, 0.3) is 0 Å². The molecule has 4 aromatic rings. The van der Waals surface area contributed by atoms with E-state index in [-0.39, 0.29) is 5.56 Å². The topological polar surface area (TPSA) is 45.8 Å². The first kappa shape index (κ1) is 16.0. The minimum atomic E-state index is -0.0827. The Labute approximate surface area is 151 Å². The van der Waals surface area contributed by atoms with Crippen LogP contribution in [-0.2, 0) is 6.42 Å². The number of nitrogens with one attached hydrogen (secondary N) is 1. The first-order valence-corrected chi connectivity index (χ1v) is 8.56. The molecule has 26 heavy (non-hydrogen) atoms. The van der Waals surface area contributed by atoms with E-state index in [0.717, 1.165) is 28.5 Å². The van der Waals surface area contributed by atoms with Crippen LogP contribution < -0.4 is 5.56 Å². The molecule has 2 heterocycles. The molecule has 0 saturated carbocycles. The maximum atomic E-state index is 11.5. The maximum absolute atomic E-state index is 11.5. The van der Waals surface area contributed by atoms with Gasteiger partial charge in [0.1, 0.15) is 0 Å². The van der Waals surface area contributed by atoms with Crippen LogP contribution in [0.5, 0.6) is 0 Å². The molecule has 0 aliphatic rings. The SMILES string of the molecule is O=c1ccc2cc(C(=Cc3cccnc3)Cc3ccccc3)ccc2[nH]1. The van der Waals surface area contributed by atoms with Gasteiger partial charge in [-0.1, -0.05) is 42.5 Å². The highest BCUT2D eigenvalue weighted by molar-refractivity contribution is 5.88. The third kappa shape index (κ3) is 3.62. The Kier molecular flexibility index (Phi) is 4.44. The van der Waals surface area contributed by atoms with E-state index in [1.165, 1.54) is 11.1 Å². The molecule has 0 amide bonds. The van der Waals surface area contributed by atoms with Crippen LogP contribution in [0.1, 0.15) is 16.7 Å². The van der Waals surface area contributed by atoms with Gasteiger partial charge in [-0.3, -0.25) is 9.78 Å². The standard InChI is InChI=1S/C23H18N2O/c26-23-11-9-20-15-19(8-10-22(20)25-23)21(13-17-5-2-1-3-6-17)14-18-7-4-12-24-16-18/h1-12,14-16H,13H2,(H,25,26). The van der Waals surface area contributed by atoms with Crippen LogP contribution in [-0.4, -0.2) is 9.97 Å². The zero-order valence-electron chi connectivity index (χ0n) is 14.2. The normalized spacial score (nSPS) is 11.6. The van der Waals surface area contributed by atoms with Gasteiger partial charge < -0.3 is 4.98 Å². The molecule has 0 aliphatic carbocycles. The molecule has 2 aromatic heterocycles. The highest BCUT2D eigenvalue weighted by atomic mass is 16.1. The molecule has 3 nitrogen and oxygen atoms in total. The third-order valence-electron chi connectivity index (χ3n) is 4.36. The number of rotatable bonds is 4. The summed E-state index contributed by atoms with van der Waals surface area (Å²) in [4.78, 5) is 18.6. The van der Waals surface area contributed by atoms with E-state index >= 15 is 0 Å². The molecule has 0 bridgehead atoms. The lowest BCUT2D eigenvalue weighted by atomic mass is 9.95. The number of hydrogen-bond donors (Lipinski definition) is 1. The van der Waals surface area contributed by atoms with Gasteiger partial charge in [-0.15, -0.1) is 0 Å². The number of pyridine rings is 2. The predicted molar refractivity (Wildman–Crippen MR) is 107 cm³/mol. The van der Waals surface area contributed by atoms with Crippen LogP contribution in [0.3, 0.4) is 0 Å². The van der Waals surface area contributed by atoms with Gasteiger partial charge in [0.2, 0.25) is 5.56 Å². The summed E-state index contributed by atoms with van der Waals surface area (Å²) < 4.78 is 0. The van der Waals surface area contributed by atoms with E-state index < -0.39 is 0 Å². The lowest BCUT2D eigenvalue weighted by molar-refractivity contribution is 1.28. The van der Waals surface area contributed by atoms with Crippen LogP contribution in [0.4, 0.5) is 0 Å². The lowest BCUT2D eigenvalue weighted by Gasteiger charge is -2.10. The van der Waals surface area contributed by atoms with Gasteiger partial charge >= 0.3 is 0 Å². The van der Waals surface area contributed by atoms with E-state index in [4.69, 9.17) is 0 Å². The first-order chi connectivity index (χ1) is 12.8. The molecule has 0 atom stereocenters. The van der Waals surface area contributed by atoms with Gasteiger partial charge in [-0.05, 0) is 64.4 Å². The second kappa shape index (κ2) is 7.19. The quantitative estimate of drug-likeness (QED) is 0.586. The van der Waals surface area contributed by atoms with Crippen molar-refractivity contribution in [3.8, 4) is 0 Å². The third-order valence-corrected chi connectivity index (χ3v) is 4.36.